The molecule has 0 aliphatic heterocycles. The molecule has 0 aromatic carbocycles. The van der Waals surface area contributed by atoms with E-state index in [1.807, 2.05) is 6.07 Å². The van der Waals surface area contributed by atoms with Crippen LogP contribution < -0.4 is 11.3 Å². The quantitative estimate of drug-likeness (QED) is 0.502. The molecule has 3 N–H and O–H groups in total. The molecule has 0 saturated heterocycles. The fourth-order valence-electron chi connectivity index (χ4n) is 2.50. The Morgan fingerprint density at radius 2 is 2.15 bits per heavy atom. The number of carbonyl (C=O) groups excluding carboxylic acids is 1. The molecule has 1 heterocycles. The summed E-state index contributed by atoms with van der Waals surface area (Å²) in [6, 6.07) is 5.29. The van der Waals surface area contributed by atoms with Crippen LogP contribution >= 0.6 is 0 Å². The van der Waals surface area contributed by atoms with E-state index >= 15 is 0 Å². The first kappa shape index (κ1) is 14.9. The lowest BCUT2D eigenvalue weighted by molar-refractivity contribution is -0.00691. The van der Waals surface area contributed by atoms with Crippen molar-refractivity contribution in [2.45, 2.75) is 52.2 Å². The highest BCUT2D eigenvalue weighted by molar-refractivity contribution is 5.91. The topological polar surface area (TPSA) is 77.2 Å². The third-order valence-electron chi connectivity index (χ3n) is 3.92. The first-order valence-electron chi connectivity index (χ1n) is 7.09. The van der Waals surface area contributed by atoms with Gasteiger partial charge in [-0.2, -0.15) is 0 Å². The first-order valence-corrected chi connectivity index (χ1v) is 7.09. The number of pyridine rings is 1. The number of nitrogens with zero attached hydrogens (tertiary/aromatic N) is 1. The monoisotopic (exact) mass is 277 g/mol. The lowest BCUT2D eigenvalue weighted by Gasteiger charge is -2.34. The summed E-state index contributed by atoms with van der Waals surface area (Å²) in [4.78, 5) is 15.6. The fourth-order valence-corrected chi connectivity index (χ4v) is 2.50. The van der Waals surface area contributed by atoms with Crippen molar-refractivity contribution >= 4 is 5.91 Å². The minimum atomic E-state index is -0.383. The molecule has 1 aliphatic rings. The predicted molar refractivity (Wildman–Crippen MR) is 76.7 cm³/mol. The molecule has 0 spiro atoms. The van der Waals surface area contributed by atoms with Crippen LogP contribution in [0.5, 0.6) is 0 Å². The predicted octanol–water partition coefficient (Wildman–Crippen LogP) is 2.17. The van der Waals surface area contributed by atoms with Gasteiger partial charge in [-0.25, -0.2) is 10.8 Å². The van der Waals surface area contributed by atoms with Gasteiger partial charge >= 0.3 is 0 Å². The summed E-state index contributed by atoms with van der Waals surface area (Å²) in [5.41, 5.74) is 3.60. The van der Waals surface area contributed by atoms with Gasteiger partial charge in [0.1, 0.15) is 5.69 Å². The number of carbonyl (C=O) groups is 1. The molecular formula is C15H23N3O2. The smallest absolute Gasteiger partial charge is 0.283 e. The van der Waals surface area contributed by atoms with Crippen LogP contribution in [0, 0.1) is 5.41 Å². The third kappa shape index (κ3) is 4.02. The van der Waals surface area contributed by atoms with Gasteiger partial charge in [0.25, 0.3) is 5.91 Å². The molecule has 5 heteroatoms. The van der Waals surface area contributed by atoms with Crippen LogP contribution in [0.15, 0.2) is 18.2 Å². The molecule has 0 radical (unpaired) electrons. The fraction of sp³-hybridized carbons (Fsp3) is 0.600. The van der Waals surface area contributed by atoms with Crippen LogP contribution in [0.3, 0.4) is 0 Å². The number of nitrogens with two attached hydrogens (primary N) is 1. The van der Waals surface area contributed by atoms with Crippen LogP contribution in [0.2, 0.25) is 0 Å². The number of nitrogen functional groups attached to an aromatic ring is 1. The standard InChI is InChI=1S/C15H23N3O2/c1-15(2)8-6-12(7-9-15)20-10-11-4-3-5-13(17-11)14(19)18-16/h3-5,12H,6-10,16H2,1-2H3,(H,18,19). The molecule has 20 heavy (non-hydrogen) atoms. The Bertz CT molecular complexity index is 464. The van der Waals surface area contributed by atoms with Gasteiger partial charge in [-0.1, -0.05) is 19.9 Å². The minimum Gasteiger partial charge on any atom is -0.372 e. The van der Waals surface area contributed by atoms with Crippen molar-refractivity contribution in [2.24, 2.45) is 11.3 Å². The largest absolute Gasteiger partial charge is 0.372 e. The summed E-state index contributed by atoms with van der Waals surface area (Å²) in [7, 11) is 0. The highest BCUT2D eigenvalue weighted by atomic mass is 16.5. The van der Waals surface area contributed by atoms with E-state index in [1.54, 1.807) is 12.1 Å². The summed E-state index contributed by atoms with van der Waals surface area (Å²) in [5, 5.41) is 0. The van der Waals surface area contributed by atoms with E-state index in [2.05, 4.69) is 24.3 Å². The second kappa shape index (κ2) is 6.33. The maximum atomic E-state index is 11.4. The van der Waals surface area contributed by atoms with Crippen molar-refractivity contribution in [3.05, 3.63) is 29.6 Å². The van der Waals surface area contributed by atoms with Gasteiger partial charge < -0.3 is 4.74 Å². The van der Waals surface area contributed by atoms with E-state index in [-0.39, 0.29) is 5.91 Å². The molecule has 0 unspecified atom stereocenters. The highest BCUT2D eigenvalue weighted by Crippen LogP contribution is 2.36. The summed E-state index contributed by atoms with van der Waals surface area (Å²) in [6.07, 6.45) is 4.88. The number of ether oxygens (including phenoxy) is 1. The van der Waals surface area contributed by atoms with Gasteiger partial charge in [0.05, 0.1) is 18.4 Å². The maximum Gasteiger partial charge on any atom is 0.283 e. The lowest BCUT2D eigenvalue weighted by atomic mass is 9.76. The Morgan fingerprint density at radius 1 is 1.45 bits per heavy atom. The Balaban J connectivity index is 1.87. The lowest BCUT2D eigenvalue weighted by Crippen LogP contribution is -2.31. The summed E-state index contributed by atoms with van der Waals surface area (Å²) in [5.74, 6) is 4.72. The Labute approximate surface area is 119 Å². The average Bonchev–Trinajstić information content (AvgIpc) is 2.45. The Morgan fingerprint density at radius 3 is 2.80 bits per heavy atom. The van der Waals surface area contributed by atoms with Crippen molar-refractivity contribution in [3.8, 4) is 0 Å². The number of hydrogen-bond acceptors (Lipinski definition) is 4. The molecule has 1 fully saturated rings. The van der Waals surface area contributed by atoms with Crippen LogP contribution in [0.4, 0.5) is 0 Å². The van der Waals surface area contributed by atoms with Gasteiger partial charge in [-0.05, 0) is 43.2 Å². The van der Waals surface area contributed by atoms with Gasteiger partial charge in [0.2, 0.25) is 0 Å². The summed E-state index contributed by atoms with van der Waals surface area (Å²) in [6.45, 7) is 5.05. The van der Waals surface area contributed by atoms with Gasteiger partial charge in [-0.15, -0.1) is 0 Å². The third-order valence-corrected chi connectivity index (χ3v) is 3.92. The van der Waals surface area contributed by atoms with E-state index in [0.29, 0.717) is 23.8 Å². The van der Waals surface area contributed by atoms with E-state index in [1.165, 1.54) is 12.8 Å². The van der Waals surface area contributed by atoms with Gasteiger partial charge in [0, 0.05) is 0 Å². The van der Waals surface area contributed by atoms with E-state index in [4.69, 9.17) is 10.6 Å². The van der Waals surface area contributed by atoms with Crippen molar-refractivity contribution < 1.29 is 9.53 Å². The Kier molecular flexibility index (Phi) is 4.73. The van der Waals surface area contributed by atoms with Gasteiger partial charge in [-0.3, -0.25) is 10.2 Å². The normalized spacial score (nSPS) is 18.8. The first-order chi connectivity index (χ1) is 9.50. The number of rotatable bonds is 4. The zero-order valence-electron chi connectivity index (χ0n) is 12.2. The second-order valence-corrected chi connectivity index (χ2v) is 6.16. The molecule has 1 amide bonds. The SMILES string of the molecule is CC1(C)CCC(OCc2cccc(C(=O)NN)n2)CC1. The summed E-state index contributed by atoms with van der Waals surface area (Å²) >= 11 is 0. The number of hydrogen-bond donors (Lipinski definition) is 2. The van der Waals surface area contributed by atoms with E-state index < -0.39 is 0 Å². The average molecular weight is 277 g/mol. The second-order valence-electron chi connectivity index (χ2n) is 6.16. The molecule has 1 aromatic rings. The molecule has 5 nitrogen and oxygen atoms in total. The molecule has 0 atom stereocenters. The van der Waals surface area contributed by atoms with Crippen molar-refractivity contribution in [2.75, 3.05) is 0 Å². The molecule has 110 valence electrons. The maximum absolute atomic E-state index is 11.4. The summed E-state index contributed by atoms with van der Waals surface area (Å²) < 4.78 is 5.91. The molecular weight excluding hydrogens is 254 g/mol. The number of aromatic nitrogens is 1. The van der Waals surface area contributed by atoms with Crippen molar-refractivity contribution in [3.63, 3.8) is 0 Å². The van der Waals surface area contributed by atoms with E-state index in [0.717, 1.165) is 18.5 Å². The van der Waals surface area contributed by atoms with E-state index in [9.17, 15) is 4.79 Å². The van der Waals surface area contributed by atoms with Crippen molar-refractivity contribution in [1.29, 1.82) is 0 Å². The zero-order valence-corrected chi connectivity index (χ0v) is 12.2. The van der Waals surface area contributed by atoms with Crippen LogP contribution in [-0.4, -0.2) is 17.0 Å². The van der Waals surface area contributed by atoms with Gasteiger partial charge in [0.15, 0.2) is 0 Å². The van der Waals surface area contributed by atoms with Crippen LogP contribution in [0.1, 0.15) is 55.7 Å². The van der Waals surface area contributed by atoms with Crippen LogP contribution in [-0.2, 0) is 11.3 Å². The number of amides is 1. The minimum absolute atomic E-state index is 0.303. The van der Waals surface area contributed by atoms with Crippen LogP contribution in [0.25, 0.3) is 0 Å². The molecule has 1 saturated carbocycles. The van der Waals surface area contributed by atoms with Crippen molar-refractivity contribution in [1.82, 2.24) is 10.4 Å². The number of hydrazine groups is 1. The molecule has 1 aromatic heterocycles. The highest BCUT2D eigenvalue weighted by Gasteiger charge is 2.27. The molecule has 1 aliphatic carbocycles. The zero-order chi connectivity index (χ0) is 14.6. The number of nitrogens with one attached hydrogen (secondary N) is 1. The Hall–Kier alpha value is -1.46. The molecule has 2 rings (SSSR count). The molecule has 0 bridgehead atoms.